The second-order valence-corrected chi connectivity index (χ2v) is 6.04. The van der Waals surface area contributed by atoms with Gasteiger partial charge in [-0.25, -0.2) is 4.98 Å². The molecule has 126 valence electrons. The molecule has 1 unspecified atom stereocenters. The Hall–Kier alpha value is -3.09. The second-order valence-electron chi connectivity index (χ2n) is 6.04. The van der Waals surface area contributed by atoms with Gasteiger partial charge in [-0.15, -0.1) is 0 Å². The van der Waals surface area contributed by atoms with Crippen LogP contribution in [0.15, 0.2) is 48.9 Å². The van der Waals surface area contributed by atoms with Gasteiger partial charge < -0.3 is 0 Å². The molecule has 1 fully saturated rings. The van der Waals surface area contributed by atoms with Crippen molar-refractivity contribution in [3.05, 3.63) is 60.4 Å². The van der Waals surface area contributed by atoms with E-state index in [-0.39, 0.29) is 11.8 Å². The van der Waals surface area contributed by atoms with E-state index in [0.29, 0.717) is 18.8 Å². The quantitative estimate of drug-likeness (QED) is 0.743. The van der Waals surface area contributed by atoms with Gasteiger partial charge in [0.25, 0.3) is 0 Å². The number of hydrogen-bond donors (Lipinski definition) is 1. The van der Waals surface area contributed by atoms with E-state index in [2.05, 4.69) is 20.2 Å². The highest BCUT2D eigenvalue weighted by Crippen LogP contribution is 2.28. The van der Waals surface area contributed by atoms with E-state index in [1.807, 2.05) is 18.2 Å². The van der Waals surface area contributed by atoms with Gasteiger partial charge in [0.15, 0.2) is 5.82 Å². The van der Waals surface area contributed by atoms with Gasteiger partial charge in [-0.1, -0.05) is 6.07 Å². The first-order chi connectivity index (χ1) is 12.2. The van der Waals surface area contributed by atoms with Gasteiger partial charge >= 0.3 is 0 Å². The molecule has 0 radical (unpaired) electrons. The summed E-state index contributed by atoms with van der Waals surface area (Å²) in [4.78, 5) is 22.0. The SMILES string of the molecule is O=C1C(Cc2ccc(F)nc2)CCN1c1cc(-c2ccncc2)[nH]n1. The van der Waals surface area contributed by atoms with Crippen molar-refractivity contribution >= 4 is 11.7 Å². The summed E-state index contributed by atoms with van der Waals surface area (Å²) in [5.74, 6) is 0.0188. The minimum absolute atomic E-state index is 0.0390. The largest absolute Gasteiger partial charge is 0.295 e. The lowest BCUT2D eigenvalue weighted by atomic mass is 9.99. The summed E-state index contributed by atoms with van der Waals surface area (Å²) in [6.45, 7) is 0.624. The molecule has 1 amide bonds. The van der Waals surface area contributed by atoms with Gasteiger partial charge in [0.2, 0.25) is 11.9 Å². The predicted molar refractivity (Wildman–Crippen MR) is 90.2 cm³/mol. The number of hydrogen-bond acceptors (Lipinski definition) is 4. The third-order valence-corrected chi connectivity index (χ3v) is 4.42. The van der Waals surface area contributed by atoms with E-state index in [1.165, 1.54) is 12.3 Å². The lowest BCUT2D eigenvalue weighted by Crippen LogP contribution is -2.28. The molecule has 6 nitrogen and oxygen atoms in total. The highest BCUT2D eigenvalue weighted by molar-refractivity contribution is 5.96. The zero-order valence-electron chi connectivity index (χ0n) is 13.4. The van der Waals surface area contributed by atoms with Crippen molar-refractivity contribution in [3.63, 3.8) is 0 Å². The maximum atomic E-state index is 12.9. The van der Waals surface area contributed by atoms with Crippen molar-refractivity contribution in [2.45, 2.75) is 12.8 Å². The van der Waals surface area contributed by atoms with Gasteiger partial charge in [0, 0.05) is 42.7 Å². The predicted octanol–water partition coefficient (Wildman–Crippen LogP) is 2.60. The fourth-order valence-corrected chi connectivity index (χ4v) is 3.10. The van der Waals surface area contributed by atoms with Crippen molar-refractivity contribution in [2.75, 3.05) is 11.4 Å². The number of halogens is 1. The Labute approximate surface area is 143 Å². The average Bonchev–Trinajstić information content (AvgIpc) is 3.25. The van der Waals surface area contributed by atoms with Crippen molar-refractivity contribution < 1.29 is 9.18 Å². The molecule has 0 bridgehead atoms. The zero-order chi connectivity index (χ0) is 17.2. The van der Waals surface area contributed by atoms with Crippen LogP contribution in [0.25, 0.3) is 11.3 Å². The monoisotopic (exact) mass is 337 g/mol. The molecule has 1 aliphatic rings. The summed E-state index contributed by atoms with van der Waals surface area (Å²) in [5.41, 5.74) is 2.67. The molecule has 0 saturated carbocycles. The van der Waals surface area contributed by atoms with Crippen LogP contribution in [-0.2, 0) is 11.2 Å². The molecule has 0 spiro atoms. The number of aromatic nitrogens is 4. The van der Waals surface area contributed by atoms with E-state index in [4.69, 9.17) is 0 Å². The fourth-order valence-electron chi connectivity index (χ4n) is 3.10. The topological polar surface area (TPSA) is 74.8 Å². The molecular weight excluding hydrogens is 321 g/mol. The number of amides is 1. The number of nitrogens with one attached hydrogen (secondary N) is 1. The van der Waals surface area contributed by atoms with Crippen LogP contribution >= 0.6 is 0 Å². The molecule has 0 aliphatic carbocycles. The fraction of sp³-hybridized carbons (Fsp3) is 0.222. The number of H-pyrrole nitrogens is 1. The summed E-state index contributed by atoms with van der Waals surface area (Å²) >= 11 is 0. The normalized spacial score (nSPS) is 17.2. The number of aromatic amines is 1. The van der Waals surface area contributed by atoms with E-state index < -0.39 is 5.95 Å². The molecule has 7 heteroatoms. The number of anilines is 1. The van der Waals surface area contributed by atoms with Crippen molar-refractivity contribution in [3.8, 4) is 11.3 Å². The Morgan fingerprint density at radius 3 is 2.84 bits per heavy atom. The molecular formula is C18H16FN5O. The van der Waals surface area contributed by atoms with Crippen LogP contribution in [0.4, 0.5) is 10.2 Å². The van der Waals surface area contributed by atoms with Gasteiger partial charge in [0.05, 0.1) is 5.69 Å². The number of carbonyl (C=O) groups excluding carboxylic acids is 1. The molecule has 3 aromatic heterocycles. The summed E-state index contributed by atoms with van der Waals surface area (Å²) in [6.07, 6.45) is 6.21. The maximum absolute atomic E-state index is 12.9. The molecule has 4 heterocycles. The third-order valence-electron chi connectivity index (χ3n) is 4.42. The van der Waals surface area contributed by atoms with Crippen LogP contribution in [0.5, 0.6) is 0 Å². The van der Waals surface area contributed by atoms with Crippen LogP contribution in [0.1, 0.15) is 12.0 Å². The van der Waals surface area contributed by atoms with Crippen molar-refractivity contribution in [1.82, 2.24) is 20.2 Å². The van der Waals surface area contributed by atoms with E-state index in [9.17, 15) is 9.18 Å². The number of pyridine rings is 2. The molecule has 0 aromatic carbocycles. The smallest absolute Gasteiger partial charge is 0.231 e. The highest BCUT2D eigenvalue weighted by Gasteiger charge is 2.33. The van der Waals surface area contributed by atoms with Gasteiger partial charge in [-0.2, -0.15) is 9.49 Å². The van der Waals surface area contributed by atoms with E-state index in [0.717, 1.165) is 23.2 Å². The standard InChI is InChI=1S/C18H16FN5O/c19-16-2-1-12(11-21-16)9-14-5-8-24(18(14)25)17-10-15(22-23-17)13-3-6-20-7-4-13/h1-4,6-7,10-11,14H,5,8-9H2,(H,22,23). The van der Waals surface area contributed by atoms with Crippen molar-refractivity contribution in [2.24, 2.45) is 5.92 Å². The van der Waals surface area contributed by atoms with E-state index in [1.54, 1.807) is 23.4 Å². The highest BCUT2D eigenvalue weighted by atomic mass is 19.1. The second kappa shape index (κ2) is 6.43. The first-order valence-corrected chi connectivity index (χ1v) is 8.08. The minimum Gasteiger partial charge on any atom is -0.295 e. The average molecular weight is 337 g/mol. The van der Waals surface area contributed by atoms with Gasteiger partial charge in [0.1, 0.15) is 0 Å². The first kappa shape index (κ1) is 15.4. The number of carbonyl (C=O) groups is 1. The number of rotatable bonds is 4. The van der Waals surface area contributed by atoms with Crippen LogP contribution in [-0.4, -0.2) is 32.6 Å². The van der Waals surface area contributed by atoms with Crippen molar-refractivity contribution in [1.29, 1.82) is 0 Å². The van der Waals surface area contributed by atoms with Crippen LogP contribution < -0.4 is 4.90 Å². The molecule has 25 heavy (non-hydrogen) atoms. The Morgan fingerprint density at radius 2 is 2.08 bits per heavy atom. The molecule has 1 atom stereocenters. The van der Waals surface area contributed by atoms with Gasteiger partial charge in [-0.05, 0) is 36.6 Å². The molecule has 1 aliphatic heterocycles. The Morgan fingerprint density at radius 1 is 1.24 bits per heavy atom. The first-order valence-electron chi connectivity index (χ1n) is 8.08. The third kappa shape index (κ3) is 3.13. The Kier molecular flexibility index (Phi) is 3.97. The lowest BCUT2D eigenvalue weighted by Gasteiger charge is -2.13. The molecule has 1 N–H and O–H groups in total. The van der Waals surface area contributed by atoms with Crippen LogP contribution in [0.2, 0.25) is 0 Å². The van der Waals surface area contributed by atoms with Gasteiger partial charge in [-0.3, -0.25) is 19.8 Å². The Bertz CT molecular complexity index is 878. The summed E-state index contributed by atoms with van der Waals surface area (Å²) in [7, 11) is 0. The zero-order valence-corrected chi connectivity index (χ0v) is 13.4. The number of nitrogens with zero attached hydrogens (tertiary/aromatic N) is 4. The summed E-state index contributed by atoms with van der Waals surface area (Å²) in [5, 5.41) is 7.24. The summed E-state index contributed by atoms with van der Waals surface area (Å²) < 4.78 is 12.9. The minimum atomic E-state index is -0.511. The Balaban J connectivity index is 1.48. The maximum Gasteiger partial charge on any atom is 0.231 e. The van der Waals surface area contributed by atoms with Crippen LogP contribution in [0.3, 0.4) is 0 Å². The van der Waals surface area contributed by atoms with Crippen LogP contribution in [0, 0.1) is 11.9 Å². The molecule has 4 rings (SSSR count). The molecule has 1 saturated heterocycles. The van der Waals surface area contributed by atoms with E-state index >= 15 is 0 Å². The lowest BCUT2D eigenvalue weighted by molar-refractivity contribution is -0.120. The summed E-state index contributed by atoms with van der Waals surface area (Å²) in [6, 6.07) is 8.63. The molecule has 3 aromatic rings.